The van der Waals surface area contributed by atoms with Crippen molar-refractivity contribution in [3.8, 4) is 0 Å². The van der Waals surface area contributed by atoms with Gasteiger partial charge >= 0.3 is 0 Å². The third-order valence-corrected chi connectivity index (χ3v) is 3.14. The number of hydrogen-bond acceptors (Lipinski definition) is 3. The van der Waals surface area contributed by atoms with Crippen LogP contribution in [0.3, 0.4) is 0 Å². The lowest BCUT2D eigenvalue weighted by molar-refractivity contribution is -0.120. The van der Waals surface area contributed by atoms with Gasteiger partial charge in [-0.15, -0.1) is 24.0 Å². The Morgan fingerprint density at radius 1 is 1.23 bits per heavy atom. The number of ether oxygens (including phenoxy) is 1. The number of carbonyl (C=O) groups excluding carboxylic acids is 1. The number of methoxy groups -OCH3 is 1. The summed E-state index contributed by atoms with van der Waals surface area (Å²) in [5, 5.41) is 9.07. The number of amides is 1. The number of nitrogens with zero attached hydrogens (tertiary/aromatic N) is 1. The van der Waals surface area contributed by atoms with Crippen LogP contribution in [0.4, 0.5) is 0 Å². The second-order valence-corrected chi connectivity index (χ2v) is 5.16. The Balaban J connectivity index is 0. The molecule has 6 nitrogen and oxygen atoms in total. The van der Waals surface area contributed by atoms with Crippen LogP contribution < -0.4 is 16.0 Å². The van der Waals surface area contributed by atoms with Gasteiger partial charge < -0.3 is 20.7 Å². The van der Waals surface area contributed by atoms with E-state index in [0.29, 0.717) is 25.2 Å². The van der Waals surface area contributed by atoms with Crippen molar-refractivity contribution in [2.45, 2.75) is 52.0 Å². The molecular weight excluding hydrogens is 395 g/mol. The van der Waals surface area contributed by atoms with Gasteiger partial charge in [0.15, 0.2) is 5.96 Å². The standard InChI is InChI=1S/C15H32N4O2.HI/c1-5-6-7-8-9-13(2)19-15(16-3)18-12-14(20)17-10-11-21-4;/h13H,5-12H2,1-4H3,(H,17,20)(H2,16,18,19);1H. The maximum absolute atomic E-state index is 11.6. The van der Waals surface area contributed by atoms with Gasteiger partial charge in [-0.1, -0.05) is 32.6 Å². The molecular formula is C15H33IN4O2. The van der Waals surface area contributed by atoms with Gasteiger partial charge in [-0.3, -0.25) is 9.79 Å². The lowest BCUT2D eigenvalue weighted by Crippen LogP contribution is -2.46. The SMILES string of the molecule is CCCCCCC(C)NC(=NC)NCC(=O)NCCOC.I. The molecule has 0 aliphatic rings. The summed E-state index contributed by atoms with van der Waals surface area (Å²) in [6.07, 6.45) is 6.15. The molecule has 0 aromatic heterocycles. The highest BCUT2D eigenvalue weighted by atomic mass is 127. The maximum Gasteiger partial charge on any atom is 0.239 e. The van der Waals surface area contributed by atoms with Crippen LogP contribution in [0.15, 0.2) is 4.99 Å². The number of nitrogens with one attached hydrogen (secondary N) is 3. The average Bonchev–Trinajstić information content (AvgIpc) is 2.48. The molecule has 1 unspecified atom stereocenters. The van der Waals surface area contributed by atoms with Crippen molar-refractivity contribution >= 4 is 35.8 Å². The Hall–Kier alpha value is -0.570. The highest BCUT2D eigenvalue weighted by Crippen LogP contribution is 2.04. The Labute approximate surface area is 152 Å². The van der Waals surface area contributed by atoms with Gasteiger partial charge in [-0.05, 0) is 13.3 Å². The molecule has 0 aromatic carbocycles. The van der Waals surface area contributed by atoms with E-state index in [-0.39, 0.29) is 36.4 Å². The molecule has 7 heteroatoms. The minimum Gasteiger partial charge on any atom is -0.383 e. The summed E-state index contributed by atoms with van der Waals surface area (Å²) in [7, 11) is 3.32. The van der Waals surface area contributed by atoms with Gasteiger partial charge in [0.05, 0.1) is 13.2 Å². The fourth-order valence-corrected chi connectivity index (χ4v) is 1.90. The summed E-state index contributed by atoms with van der Waals surface area (Å²) in [6, 6.07) is 0.351. The fraction of sp³-hybridized carbons (Fsp3) is 0.867. The molecule has 1 atom stereocenters. The normalized spacial score (nSPS) is 12.3. The van der Waals surface area contributed by atoms with Crippen LogP contribution >= 0.6 is 24.0 Å². The highest BCUT2D eigenvalue weighted by Gasteiger charge is 2.06. The topological polar surface area (TPSA) is 74.8 Å². The lowest BCUT2D eigenvalue weighted by Gasteiger charge is -2.17. The Bertz CT molecular complexity index is 301. The summed E-state index contributed by atoms with van der Waals surface area (Å²) in [4.78, 5) is 15.7. The van der Waals surface area contributed by atoms with Crippen molar-refractivity contribution in [3.05, 3.63) is 0 Å². The molecule has 0 aliphatic heterocycles. The molecule has 3 N–H and O–H groups in total. The Morgan fingerprint density at radius 3 is 2.55 bits per heavy atom. The summed E-state index contributed by atoms with van der Waals surface area (Å²) in [6.45, 7) is 5.61. The van der Waals surface area contributed by atoms with E-state index >= 15 is 0 Å². The number of aliphatic imine (C=N–C) groups is 1. The van der Waals surface area contributed by atoms with Crippen LogP contribution in [0.25, 0.3) is 0 Å². The highest BCUT2D eigenvalue weighted by molar-refractivity contribution is 14.0. The van der Waals surface area contributed by atoms with Crippen LogP contribution in [0.5, 0.6) is 0 Å². The molecule has 0 radical (unpaired) electrons. The van der Waals surface area contributed by atoms with Gasteiger partial charge in [-0.25, -0.2) is 0 Å². The van der Waals surface area contributed by atoms with E-state index in [2.05, 4.69) is 34.8 Å². The van der Waals surface area contributed by atoms with Crippen molar-refractivity contribution in [1.29, 1.82) is 0 Å². The first-order chi connectivity index (χ1) is 10.1. The monoisotopic (exact) mass is 428 g/mol. The fourth-order valence-electron chi connectivity index (χ4n) is 1.90. The van der Waals surface area contributed by atoms with E-state index in [9.17, 15) is 4.79 Å². The van der Waals surface area contributed by atoms with E-state index in [0.717, 1.165) is 6.42 Å². The van der Waals surface area contributed by atoms with Gasteiger partial charge in [0.1, 0.15) is 0 Å². The van der Waals surface area contributed by atoms with Crippen molar-refractivity contribution in [2.24, 2.45) is 4.99 Å². The lowest BCUT2D eigenvalue weighted by atomic mass is 10.1. The van der Waals surface area contributed by atoms with E-state index in [1.165, 1.54) is 25.7 Å². The summed E-state index contributed by atoms with van der Waals surface area (Å²) >= 11 is 0. The molecule has 0 saturated heterocycles. The first kappa shape index (κ1) is 23.7. The van der Waals surface area contributed by atoms with Crippen LogP contribution in [0.2, 0.25) is 0 Å². The number of rotatable bonds is 11. The summed E-state index contributed by atoms with van der Waals surface area (Å²) in [5.41, 5.74) is 0. The molecule has 0 saturated carbocycles. The minimum absolute atomic E-state index is 0. The van der Waals surface area contributed by atoms with Crippen LogP contribution in [-0.2, 0) is 9.53 Å². The number of halogens is 1. The van der Waals surface area contributed by atoms with Gasteiger partial charge in [0.25, 0.3) is 0 Å². The summed E-state index contributed by atoms with van der Waals surface area (Å²) < 4.78 is 4.88. The molecule has 0 aliphatic carbocycles. The molecule has 0 rings (SSSR count). The largest absolute Gasteiger partial charge is 0.383 e. The van der Waals surface area contributed by atoms with Crippen molar-refractivity contribution < 1.29 is 9.53 Å². The zero-order valence-electron chi connectivity index (χ0n) is 14.4. The number of hydrogen-bond donors (Lipinski definition) is 3. The van der Waals surface area contributed by atoms with Crippen molar-refractivity contribution in [2.75, 3.05) is 33.9 Å². The predicted octanol–water partition coefficient (Wildman–Crippen LogP) is 1.89. The van der Waals surface area contributed by atoms with E-state index in [1.54, 1.807) is 14.2 Å². The van der Waals surface area contributed by atoms with E-state index in [1.807, 2.05) is 0 Å². The van der Waals surface area contributed by atoms with Gasteiger partial charge in [0.2, 0.25) is 5.91 Å². The summed E-state index contributed by atoms with van der Waals surface area (Å²) in [5.74, 6) is 0.602. The van der Waals surface area contributed by atoms with Crippen LogP contribution in [0, 0.1) is 0 Å². The second kappa shape index (κ2) is 16.8. The smallest absolute Gasteiger partial charge is 0.239 e. The molecule has 0 spiro atoms. The third kappa shape index (κ3) is 14.4. The van der Waals surface area contributed by atoms with Crippen LogP contribution in [-0.4, -0.2) is 51.8 Å². The van der Waals surface area contributed by atoms with Gasteiger partial charge in [-0.2, -0.15) is 0 Å². The Morgan fingerprint density at radius 2 is 1.95 bits per heavy atom. The number of unbranched alkanes of at least 4 members (excludes halogenated alkanes) is 3. The number of carbonyl (C=O) groups is 1. The molecule has 0 bridgehead atoms. The molecule has 1 amide bonds. The predicted molar refractivity (Wildman–Crippen MR) is 103 cm³/mol. The second-order valence-electron chi connectivity index (χ2n) is 5.16. The third-order valence-electron chi connectivity index (χ3n) is 3.14. The molecule has 132 valence electrons. The zero-order chi connectivity index (χ0) is 15.9. The maximum atomic E-state index is 11.6. The van der Waals surface area contributed by atoms with Gasteiger partial charge in [0, 0.05) is 26.7 Å². The molecule has 0 fully saturated rings. The van der Waals surface area contributed by atoms with E-state index < -0.39 is 0 Å². The first-order valence-electron chi connectivity index (χ1n) is 7.86. The van der Waals surface area contributed by atoms with E-state index in [4.69, 9.17) is 4.74 Å². The van der Waals surface area contributed by atoms with Crippen molar-refractivity contribution in [1.82, 2.24) is 16.0 Å². The molecule has 22 heavy (non-hydrogen) atoms. The Kier molecular flexibility index (Phi) is 18.1. The molecule has 0 aromatic rings. The average molecular weight is 428 g/mol. The first-order valence-corrected chi connectivity index (χ1v) is 7.86. The molecule has 0 heterocycles. The quantitative estimate of drug-likeness (QED) is 0.203. The number of guanidine groups is 1. The van der Waals surface area contributed by atoms with Crippen LogP contribution in [0.1, 0.15) is 46.0 Å². The zero-order valence-corrected chi connectivity index (χ0v) is 16.7. The van der Waals surface area contributed by atoms with Crippen molar-refractivity contribution in [3.63, 3.8) is 0 Å². The minimum atomic E-state index is -0.0643.